The second-order valence-corrected chi connectivity index (χ2v) is 1.68. The quantitative estimate of drug-likeness (QED) is 0.474. The van der Waals surface area contributed by atoms with Gasteiger partial charge < -0.3 is 5.11 Å². The summed E-state index contributed by atoms with van der Waals surface area (Å²) in [6.07, 6.45) is 0. The van der Waals surface area contributed by atoms with Crippen molar-refractivity contribution in [1.29, 1.82) is 0 Å². The highest BCUT2D eigenvalue weighted by Gasteiger charge is 2.02. The van der Waals surface area contributed by atoms with Gasteiger partial charge in [-0.05, 0) is 13.8 Å². The van der Waals surface area contributed by atoms with Crippen molar-refractivity contribution in [2.24, 2.45) is 0 Å². The van der Waals surface area contributed by atoms with Crippen molar-refractivity contribution in [3.8, 4) is 0 Å². The molecule has 0 fully saturated rings. The lowest BCUT2D eigenvalue weighted by molar-refractivity contribution is 0.133. The SMILES string of the molecule is [2H]C([2H])=C([2H])C(C)(C)O. The Morgan fingerprint density at radius 3 is 2.67 bits per heavy atom. The number of hydrogen-bond acceptors (Lipinski definition) is 1. The van der Waals surface area contributed by atoms with Gasteiger partial charge in [0, 0.05) is 0 Å². The second-order valence-electron chi connectivity index (χ2n) is 1.68. The van der Waals surface area contributed by atoms with E-state index >= 15 is 0 Å². The minimum Gasteiger partial charge on any atom is -0.386 e. The van der Waals surface area contributed by atoms with Crippen molar-refractivity contribution in [1.82, 2.24) is 0 Å². The Hall–Kier alpha value is -0.300. The zero-order valence-electron chi connectivity index (χ0n) is 6.95. The topological polar surface area (TPSA) is 20.2 Å². The van der Waals surface area contributed by atoms with E-state index in [1.54, 1.807) is 0 Å². The highest BCUT2D eigenvalue weighted by Crippen LogP contribution is 1.98. The molecule has 6 heavy (non-hydrogen) atoms. The molecule has 0 bridgehead atoms. The molecule has 36 valence electrons. The van der Waals surface area contributed by atoms with Crippen molar-refractivity contribution in [3.05, 3.63) is 12.6 Å². The molecule has 1 heteroatoms. The smallest absolute Gasteiger partial charge is 0.0769 e. The van der Waals surface area contributed by atoms with Gasteiger partial charge in [0.25, 0.3) is 0 Å². The largest absolute Gasteiger partial charge is 0.386 e. The standard InChI is InChI=1S/C5H10O/c1-4-5(2,3)6/h4,6H,1H2,2-3H3/i1D2,4D. The molecule has 0 aromatic carbocycles. The fourth-order valence-electron chi connectivity index (χ4n) is 0. The highest BCUT2D eigenvalue weighted by molar-refractivity contribution is 4.86. The molecule has 1 N–H and O–H groups in total. The van der Waals surface area contributed by atoms with Gasteiger partial charge in [-0.2, -0.15) is 0 Å². The number of rotatable bonds is 1. The van der Waals surface area contributed by atoms with Crippen LogP contribution in [0.15, 0.2) is 12.6 Å². The molecule has 0 aliphatic carbocycles. The van der Waals surface area contributed by atoms with E-state index in [-0.39, 0.29) is 6.05 Å². The lowest BCUT2D eigenvalue weighted by atomic mass is 10.1. The molecule has 0 unspecified atom stereocenters. The maximum atomic E-state index is 8.97. The third kappa shape index (κ3) is 3.70. The van der Waals surface area contributed by atoms with E-state index in [1.807, 2.05) is 0 Å². The Morgan fingerprint density at radius 2 is 2.67 bits per heavy atom. The molecular weight excluding hydrogens is 76.1 g/mol. The summed E-state index contributed by atoms with van der Waals surface area (Å²) in [6, 6.07) is -0.359. The first-order valence-corrected chi connectivity index (χ1v) is 1.72. The van der Waals surface area contributed by atoms with Gasteiger partial charge in [0.05, 0.1) is 9.71 Å². The molecule has 0 radical (unpaired) electrons. The van der Waals surface area contributed by atoms with Gasteiger partial charge in [-0.3, -0.25) is 0 Å². The number of aliphatic hydroxyl groups is 1. The van der Waals surface area contributed by atoms with Crippen LogP contribution in [0.5, 0.6) is 0 Å². The van der Waals surface area contributed by atoms with Crippen LogP contribution in [0, 0.1) is 0 Å². The summed E-state index contributed by atoms with van der Waals surface area (Å²) in [7, 11) is 0. The fourth-order valence-corrected chi connectivity index (χ4v) is 0. The second kappa shape index (κ2) is 1.43. The lowest BCUT2D eigenvalue weighted by Gasteiger charge is -2.07. The first kappa shape index (κ1) is 2.12. The average Bonchev–Trinajstić information content (AvgIpc) is 1.62. The van der Waals surface area contributed by atoms with Gasteiger partial charge in [0.15, 0.2) is 0 Å². The van der Waals surface area contributed by atoms with Crippen molar-refractivity contribution >= 4 is 0 Å². The van der Waals surface area contributed by atoms with Crippen LogP contribution < -0.4 is 0 Å². The van der Waals surface area contributed by atoms with E-state index in [0.717, 1.165) is 0 Å². The van der Waals surface area contributed by atoms with Crippen molar-refractivity contribution in [2.75, 3.05) is 0 Å². The first-order valence-electron chi connectivity index (χ1n) is 3.22. The normalized spacial score (nSPS) is 17.5. The third-order valence-corrected chi connectivity index (χ3v) is 0.306. The van der Waals surface area contributed by atoms with E-state index in [4.69, 9.17) is 9.22 Å². The fraction of sp³-hybridized carbons (Fsp3) is 0.600. The molecular formula is C5H10O. The van der Waals surface area contributed by atoms with E-state index in [2.05, 4.69) is 0 Å². The Labute approximate surface area is 42.5 Å². The van der Waals surface area contributed by atoms with Crippen molar-refractivity contribution in [3.63, 3.8) is 0 Å². The minimum atomic E-state index is -1.35. The number of hydrogen-bond donors (Lipinski definition) is 1. The molecule has 0 amide bonds. The summed E-state index contributed by atoms with van der Waals surface area (Å²) >= 11 is 0. The van der Waals surface area contributed by atoms with Gasteiger partial charge >= 0.3 is 0 Å². The molecule has 1 nitrogen and oxygen atoms in total. The van der Waals surface area contributed by atoms with Crippen molar-refractivity contribution in [2.45, 2.75) is 19.4 Å². The molecule has 0 aliphatic heterocycles. The van der Waals surface area contributed by atoms with Gasteiger partial charge in [-0.15, -0.1) is 6.53 Å². The van der Waals surface area contributed by atoms with Crippen LogP contribution in [0.2, 0.25) is 0 Å². The van der Waals surface area contributed by atoms with E-state index in [9.17, 15) is 0 Å². The van der Waals surface area contributed by atoms with Crippen LogP contribution in [0.1, 0.15) is 18.0 Å². The Bertz CT molecular complexity index is 130. The predicted octanol–water partition coefficient (Wildman–Crippen LogP) is 0.943. The highest BCUT2D eigenvalue weighted by atomic mass is 16.3. The molecule has 0 heterocycles. The molecule has 0 atom stereocenters. The molecule has 0 aromatic rings. The molecule has 0 saturated carbocycles. The zero-order chi connectivity index (χ0) is 7.65. The van der Waals surface area contributed by atoms with Gasteiger partial charge in [0.1, 0.15) is 0 Å². The Balaban J connectivity index is 4.40. The van der Waals surface area contributed by atoms with E-state index in [1.165, 1.54) is 13.8 Å². The summed E-state index contributed by atoms with van der Waals surface area (Å²) in [4.78, 5) is 0. The summed E-state index contributed by atoms with van der Waals surface area (Å²) in [6.45, 7) is 2.11. The van der Waals surface area contributed by atoms with Gasteiger partial charge in [0.2, 0.25) is 0 Å². The monoisotopic (exact) mass is 89.1 g/mol. The minimum absolute atomic E-state index is 0.359. The molecule has 0 aromatic heterocycles. The molecule has 0 aliphatic rings. The summed E-state index contributed by atoms with van der Waals surface area (Å²) in [5.74, 6) is 0. The Morgan fingerprint density at radius 1 is 2.17 bits per heavy atom. The predicted molar refractivity (Wildman–Crippen MR) is 26.5 cm³/mol. The van der Waals surface area contributed by atoms with Crippen molar-refractivity contribution < 1.29 is 9.22 Å². The summed E-state index contributed by atoms with van der Waals surface area (Å²) in [5.41, 5.74) is -1.35. The van der Waals surface area contributed by atoms with Crippen LogP contribution in [-0.4, -0.2) is 10.7 Å². The van der Waals surface area contributed by atoms with Crippen LogP contribution in [0.4, 0.5) is 0 Å². The van der Waals surface area contributed by atoms with E-state index in [0.29, 0.717) is 0 Å². The summed E-state index contributed by atoms with van der Waals surface area (Å²) in [5, 5.41) is 8.97. The zero-order valence-corrected chi connectivity index (χ0v) is 3.95. The third-order valence-electron chi connectivity index (χ3n) is 0.306. The maximum Gasteiger partial charge on any atom is 0.0769 e. The van der Waals surface area contributed by atoms with Crippen LogP contribution in [0.25, 0.3) is 0 Å². The Kier molecular flexibility index (Phi) is 0.507. The van der Waals surface area contributed by atoms with E-state index < -0.39 is 12.1 Å². The molecule has 0 rings (SSSR count). The average molecular weight is 89.2 g/mol. The summed E-state index contributed by atoms with van der Waals surface area (Å²) < 4.78 is 20.2. The lowest BCUT2D eigenvalue weighted by Crippen LogP contribution is -2.12. The first-order chi connectivity index (χ1) is 3.85. The van der Waals surface area contributed by atoms with Crippen LogP contribution >= 0.6 is 0 Å². The van der Waals surface area contributed by atoms with Crippen LogP contribution in [-0.2, 0) is 0 Å². The maximum absolute atomic E-state index is 8.97. The van der Waals surface area contributed by atoms with Crippen LogP contribution in [0.3, 0.4) is 0 Å². The molecule has 0 saturated heterocycles. The van der Waals surface area contributed by atoms with Gasteiger partial charge in [-0.1, -0.05) is 6.05 Å². The molecule has 0 spiro atoms. The van der Waals surface area contributed by atoms with Gasteiger partial charge in [-0.25, -0.2) is 0 Å².